The van der Waals surface area contributed by atoms with Crippen LogP contribution in [0.3, 0.4) is 0 Å². The first-order valence-electron chi connectivity index (χ1n) is 35.7. The Labute approximate surface area is 610 Å². The molecule has 0 saturated heterocycles. The predicted molar refractivity (Wildman–Crippen MR) is 435 cm³/mol. The van der Waals surface area contributed by atoms with Crippen molar-refractivity contribution in [2.45, 2.75) is 0 Å². The van der Waals surface area contributed by atoms with Crippen LogP contribution in [-0.2, 0) is 0 Å². The van der Waals surface area contributed by atoms with Gasteiger partial charge in [-0.2, -0.15) is 9.97 Å². The van der Waals surface area contributed by atoms with Crippen molar-refractivity contribution in [1.29, 1.82) is 0 Å². The van der Waals surface area contributed by atoms with E-state index in [0.717, 1.165) is 88.8 Å². The number of nitrogens with zero attached hydrogens (tertiary/aromatic N) is 10. The molecule has 0 saturated carbocycles. The third-order valence-electron chi connectivity index (χ3n) is 20.4. The van der Waals surface area contributed by atoms with Crippen molar-refractivity contribution in [2.24, 2.45) is 0 Å². The highest BCUT2D eigenvalue weighted by Gasteiger charge is 2.22. The van der Waals surface area contributed by atoms with Crippen molar-refractivity contribution in [3.05, 3.63) is 376 Å². The van der Waals surface area contributed by atoms with Gasteiger partial charge in [-0.25, -0.2) is 19.9 Å². The molecular formula is C96H62N10. The number of hydrogen-bond acceptors (Lipinski definition) is 6. The van der Waals surface area contributed by atoms with Crippen LogP contribution in [0.5, 0.6) is 0 Å². The first-order valence-corrected chi connectivity index (χ1v) is 35.7. The Morgan fingerprint density at radius 1 is 0.142 bits per heavy atom. The van der Waals surface area contributed by atoms with E-state index in [1.165, 1.54) is 65.5 Å². The van der Waals surface area contributed by atoms with Crippen LogP contribution in [0.4, 0.5) is 0 Å². The lowest BCUT2D eigenvalue weighted by atomic mass is 10.0. The van der Waals surface area contributed by atoms with Gasteiger partial charge in [0.25, 0.3) is 0 Å². The molecule has 21 rings (SSSR count). The molecule has 10 nitrogen and oxygen atoms in total. The molecule has 0 fully saturated rings. The highest BCUT2D eigenvalue weighted by atomic mass is 15.2. The molecule has 0 aliphatic heterocycles. The first-order chi connectivity index (χ1) is 52.6. The molecule has 0 unspecified atom stereocenters. The maximum Gasteiger partial charge on any atom is 0.238 e. The quantitative estimate of drug-likeness (QED) is 0.128. The molecule has 15 aromatic carbocycles. The van der Waals surface area contributed by atoms with Crippen molar-refractivity contribution in [2.75, 3.05) is 0 Å². The lowest BCUT2D eigenvalue weighted by molar-refractivity contribution is 0.953. The Morgan fingerprint density at radius 2 is 0.377 bits per heavy atom. The maximum absolute atomic E-state index is 5.12. The Bertz CT molecular complexity index is 6790. The Hall–Kier alpha value is -14.5. The van der Waals surface area contributed by atoms with Gasteiger partial charge in [-0.15, -0.1) is 0 Å². The van der Waals surface area contributed by atoms with Gasteiger partial charge in [0, 0.05) is 88.0 Å². The summed E-state index contributed by atoms with van der Waals surface area (Å²) >= 11 is 0. The van der Waals surface area contributed by atoms with Crippen LogP contribution in [-0.4, -0.2) is 48.2 Å². The van der Waals surface area contributed by atoms with Gasteiger partial charge >= 0.3 is 0 Å². The zero-order valence-corrected chi connectivity index (χ0v) is 57.3. The highest BCUT2D eigenvalue weighted by molar-refractivity contribution is 6.14. The van der Waals surface area contributed by atoms with E-state index in [0.29, 0.717) is 35.1 Å². The largest absolute Gasteiger partial charge is 0.309 e. The third-order valence-corrected chi connectivity index (χ3v) is 20.4. The summed E-state index contributed by atoms with van der Waals surface area (Å²) in [5, 5.41) is 9.67. The summed E-state index contributed by atoms with van der Waals surface area (Å²) in [4.78, 5) is 30.0. The number of aromatic nitrogens is 10. The van der Waals surface area contributed by atoms with Crippen molar-refractivity contribution in [3.63, 3.8) is 0 Å². The van der Waals surface area contributed by atoms with E-state index in [1.54, 1.807) is 0 Å². The van der Waals surface area contributed by atoms with Crippen LogP contribution < -0.4 is 0 Å². The lowest BCUT2D eigenvalue weighted by Crippen LogP contribution is -2.06. The Morgan fingerprint density at radius 3 is 0.755 bits per heavy atom. The minimum Gasteiger partial charge on any atom is -0.309 e. The van der Waals surface area contributed by atoms with Gasteiger partial charge in [-0.1, -0.05) is 267 Å². The van der Waals surface area contributed by atoms with Crippen molar-refractivity contribution < 1.29 is 0 Å². The molecule has 0 N–H and O–H groups in total. The molecule has 106 heavy (non-hydrogen) atoms. The SMILES string of the molecule is c1ccc(-c2nc(-c3ccccc3)nc(-c3ccc(-n4c5ccccc5c5ccc(-c6ccc7c(c6)c6ccccc6n7-c6ccccc6)cc54)cc3)n2)cc1.c1ccc(-c2nc(-c3ccccc3)nc(-n3c4ccccc4c4ccc(-c5ccc6c(c5)c5ccccc5n6-c5ccccc5)cc43)n2)cc1. The molecule has 0 spiro atoms. The fraction of sp³-hybridized carbons (Fsp3) is 0. The molecule has 21 aromatic rings. The zero-order chi connectivity index (χ0) is 70.0. The summed E-state index contributed by atoms with van der Waals surface area (Å²) in [6.07, 6.45) is 0. The summed E-state index contributed by atoms with van der Waals surface area (Å²) in [5.74, 6) is 3.79. The number of benzene rings is 15. The van der Waals surface area contributed by atoms with Gasteiger partial charge < -0.3 is 13.7 Å². The van der Waals surface area contributed by atoms with E-state index in [2.05, 4.69) is 273 Å². The average Bonchev–Trinajstić information content (AvgIpc) is 1.64. The van der Waals surface area contributed by atoms with Gasteiger partial charge in [0.2, 0.25) is 5.95 Å². The van der Waals surface area contributed by atoms with E-state index >= 15 is 0 Å². The average molecular weight is 1360 g/mol. The number of para-hydroxylation sites is 6. The van der Waals surface area contributed by atoms with Crippen molar-refractivity contribution in [3.8, 4) is 102 Å². The molecular weight excluding hydrogens is 1290 g/mol. The topological polar surface area (TPSA) is 97.1 Å². The molecule has 0 aliphatic carbocycles. The number of fused-ring (bicyclic) bond motifs is 12. The Kier molecular flexibility index (Phi) is 15.0. The van der Waals surface area contributed by atoms with E-state index in [1.807, 2.05) is 121 Å². The van der Waals surface area contributed by atoms with Crippen LogP contribution in [0.25, 0.3) is 189 Å². The normalized spacial score (nSPS) is 11.6. The van der Waals surface area contributed by atoms with Crippen molar-refractivity contribution in [1.82, 2.24) is 48.2 Å². The fourth-order valence-electron chi connectivity index (χ4n) is 15.4. The summed E-state index contributed by atoms with van der Waals surface area (Å²) in [7, 11) is 0. The molecule has 0 radical (unpaired) electrons. The lowest BCUT2D eigenvalue weighted by Gasteiger charge is -2.11. The molecule has 0 aliphatic rings. The molecule has 6 heterocycles. The number of rotatable bonds is 11. The second kappa shape index (κ2) is 25.8. The van der Waals surface area contributed by atoms with Gasteiger partial charge in [0.1, 0.15) is 0 Å². The smallest absolute Gasteiger partial charge is 0.238 e. The monoisotopic (exact) mass is 1350 g/mol. The van der Waals surface area contributed by atoms with Crippen LogP contribution in [0.15, 0.2) is 376 Å². The van der Waals surface area contributed by atoms with E-state index in [4.69, 9.17) is 29.9 Å². The van der Waals surface area contributed by atoms with Crippen LogP contribution in [0.1, 0.15) is 0 Å². The fourth-order valence-corrected chi connectivity index (χ4v) is 15.4. The molecule has 496 valence electrons. The first kappa shape index (κ1) is 61.4. The van der Waals surface area contributed by atoms with Gasteiger partial charge in [-0.3, -0.25) is 4.57 Å². The van der Waals surface area contributed by atoms with Crippen LogP contribution in [0, 0.1) is 0 Å². The van der Waals surface area contributed by atoms with E-state index in [9.17, 15) is 0 Å². The third kappa shape index (κ3) is 10.7. The molecule has 10 heteroatoms. The zero-order valence-electron chi connectivity index (χ0n) is 57.3. The summed E-state index contributed by atoms with van der Waals surface area (Å²) in [5.41, 5.74) is 21.9. The number of hydrogen-bond donors (Lipinski definition) is 0. The van der Waals surface area contributed by atoms with E-state index in [-0.39, 0.29) is 0 Å². The molecule has 0 atom stereocenters. The van der Waals surface area contributed by atoms with Gasteiger partial charge in [-0.05, 0) is 131 Å². The van der Waals surface area contributed by atoms with Crippen molar-refractivity contribution >= 4 is 87.2 Å². The minimum atomic E-state index is 0.586. The van der Waals surface area contributed by atoms with Gasteiger partial charge in [0.05, 0.1) is 44.1 Å². The standard InChI is InChI=1S/C51H33N5.C45H29N5/c1-4-14-34(15-5-1)49-52-50(35-16-6-2-7-17-35)54-51(53-49)36-24-28-40(29-25-36)56-45-22-12-10-20-41(45)43-30-26-38(33-48(43)56)37-27-31-47-44(32-37)42-21-11-13-23-46(42)55(47)39-18-8-3-9-19-39;1-4-14-30(15-5-1)43-46-44(31-16-6-2-7-17-31)48-45(47-43)50-40-23-13-10-20-35(40)37-26-24-33(29-42(37)50)32-25-27-41-38(28-32)36-21-11-12-22-39(36)49(41)34-18-8-3-9-19-34/h1-33H;1-29H. The Balaban J connectivity index is 0.000000141. The summed E-state index contributed by atoms with van der Waals surface area (Å²) < 4.78 is 9.27. The molecule has 0 bridgehead atoms. The van der Waals surface area contributed by atoms with Crippen LogP contribution >= 0.6 is 0 Å². The van der Waals surface area contributed by atoms with E-state index < -0.39 is 0 Å². The molecule has 0 amide bonds. The van der Waals surface area contributed by atoms with Crippen LogP contribution in [0.2, 0.25) is 0 Å². The minimum absolute atomic E-state index is 0.586. The maximum atomic E-state index is 5.12. The highest BCUT2D eigenvalue weighted by Crippen LogP contribution is 2.42. The second-order valence-corrected chi connectivity index (χ2v) is 26.6. The predicted octanol–water partition coefficient (Wildman–Crippen LogP) is 23.8. The summed E-state index contributed by atoms with van der Waals surface area (Å²) in [6, 6.07) is 132. The second-order valence-electron chi connectivity index (χ2n) is 26.6. The summed E-state index contributed by atoms with van der Waals surface area (Å²) in [6.45, 7) is 0. The molecule has 6 aromatic heterocycles. The van der Waals surface area contributed by atoms with Gasteiger partial charge in [0.15, 0.2) is 29.1 Å².